The first-order valence-electron chi connectivity index (χ1n) is 14.1. The molecule has 2 N–H and O–H groups in total. The van der Waals surface area contributed by atoms with E-state index >= 15 is 0 Å². The van der Waals surface area contributed by atoms with E-state index in [4.69, 9.17) is 0 Å². The highest BCUT2D eigenvalue weighted by Gasteiger charge is 2.29. The van der Waals surface area contributed by atoms with Crippen molar-refractivity contribution in [3.05, 3.63) is 59.4 Å². The van der Waals surface area contributed by atoms with Crippen LogP contribution in [0.3, 0.4) is 0 Å². The molecule has 1 aliphatic carbocycles. The number of piperidine rings is 1. The number of benzene rings is 1. The van der Waals surface area contributed by atoms with E-state index in [0.29, 0.717) is 34.7 Å². The van der Waals surface area contributed by atoms with Crippen molar-refractivity contribution < 1.29 is 9.18 Å². The van der Waals surface area contributed by atoms with Crippen LogP contribution in [0.25, 0.3) is 22.3 Å². The summed E-state index contributed by atoms with van der Waals surface area (Å²) in [5, 5.41) is 6.75. The van der Waals surface area contributed by atoms with Gasteiger partial charge in [0.2, 0.25) is 5.95 Å². The Morgan fingerprint density at radius 1 is 1.00 bits per heavy atom. The Balaban J connectivity index is 1.18. The minimum Gasteiger partial charge on any atom is -0.338 e. The molecular weight excluding hydrogens is 507 g/mol. The van der Waals surface area contributed by atoms with E-state index in [1.165, 1.54) is 12.8 Å². The molecule has 40 heavy (non-hydrogen) atoms. The van der Waals surface area contributed by atoms with Crippen LogP contribution in [0.5, 0.6) is 0 Å². The van der Waals surface area contributed by atoms with Crippen molar-refractivity contribution in [3.8, 4) is 11.3 Å². The molecule has 2 aliphatic rings. The molecule has 1 amide bonds. The maximum Gasteiger partial charge on any atom is 0.255 e. The summed E-state index contributed by atoms with van der Waals surface area (Å²) >= 11 is 0. The number of amides is 1. The number of rotatable bonds is 7. The van der Waals surface area contributed by atoms with Crippen LogP contribution in [0.4, 0.5) is 16.2 Å². The molecule has 208 valence electrons. The van der Waals surface area contributed by atoms with Crippen molar-refractivity contribution in [1.29, 1.82) is 0 Å². The minimum absolute atomic E-state index is 0.00741. The molecular formula is C30H35FN8O. The minimum atomic E-state index is -0.515. The first-order valence-corrected chi connectivity index (χ1v) is 14.1. The third-order valence-electron chi connectivity index (χ3n) is 7.79. The van der Waals surface area contributed by atoms with Gasteiger partial charge in [0.05, 0.1) is 28.5 Å². The molecule has 0 atom stereocenters. The molecule has 4 heterocycles. The summed E-state index contributed by atoms with van der Waals surface area (Å²) in [7, 11) is 0. The smallest absolute Gasteiger partial charge is 0.255 e. The van der Waals surface area contributed by atoms with Gasteiger partial charge in [-0.3, -0.25) is 4.79 Å². The maximum absolute atomic E-state index is 14.9. The van der Waals surface area contributed by atoms with Crippen LogP contribution in [0, 0.1) is 19.7 Å². The zero-order chi connectivity index (χ0) is 28.0. The van der Waals surface area contributed by atoms with Crippen LogP contribution in [0.2, 0.25) is 0 Å². The van der Waals surface area contributed by atoms with Crippen LogP contribution < -0.4 is 10.6 Å². The number of carbonyl (C=O) groups excluding carboxylic acids is 1. The first-order chi connectivity index (χ1) is 19.3. The summed E-state index contributed by atoms with van der Waals surface area (Å²) in [5.74, 6) is 1.11. The topological polar surface area (TPSA) is 101 Å². The van der Waals surface area contributed by atoms with Crippen LogP contribution in [-0.2, 0) is 0 Å². The third kappa shape index (κ3) is 5.28. The molecule has 4 aromatic rings. The van der Waals surface area contributed by atoms with E-state index in [1.54, 1.807) is 12.1 Å². The number of likely N-dealkylation sites (tertiary alicyclic amines) is 1. The quantitative estimate of drug-likeness (QED) is 0.326. The van der Waals surface area contributed by atoms with Crippen molar-refractivity contribution in [3.63, 3.8) is 0 Å². The summed E-state index contributed by atoms with van der Waals surface area (Å²) in [5.41, 5.74) is 3.83. The molecule has 0 radical (unpaired) electrons. The van der Waals surface area contributed by atoms with Crippen LogP contribution >= 0.6 is 0 Å². The number of anilines is 2. The Morgan fingerprint density at radius 2 is 1.75 bits per heavy atom. The number of hydrogen-bond acceptors (Lipinski definition) is 7. The predicted octanol–water partition coefficient (Wildman–Crippen LogP) is 5.33. The number of aromatic nitrogens is 5. The lowest BCUT2D eigenvalue weighted by atomic mass is 10.0. The highest BCUT2D eigenvalue weighted by atomic mass is 19.1. The monoisotopic (exact) mass is 542 g/mol. The van der Waals surface area contributed by atoms with Gasteiger partial charge in [-0.15, -0.1) is 0 Å². The van der Waals surface area contributed by atoms with Crippen LogP contribution in [0.1, 0.15) is 67.4 Å². The Morgan fingerprint density at radius 3 is 2.45 bits per heavy atom. The molecule has 1 saturated heterocycles. The lowest BCUT2D eigenvalue weighted by Gasteiger charge is -2.32. The summed E-state index contributed by atoms with van der Waals surface area (Å²) in [6, 6.07) is 10.6. The molecule has 0 unspecified atom stereocenters. The van der Waals surface area contributed by atoms with Crippen molar-refractivity contribution in [1.82, 2.24) is 34.7 Å². The van der Waals surface area contributed by atoms with Gasteiger partial charge in [-0.25, -0.2) is 24.3 Å². The zero-order valence-electron chi connectivity index (χ0n) is 23.4. The fourth-order valence-electron chi connectivity index (χ4n) is 5.62. The van der Waals surface area contributed by atoms with E-state index in [-0.39, 0.29) is 23.6 Å². The lowest BCUT2D eigenvalue weighted by Crippen LogP contribution is -2.45. The molecule has 3 aromatic heterocycles. The number of aryl methyl sites for hydroxylation is 2. The van der Waals surface area contributed by atoms with Gasteiger partial charge in [-0.1, -0.05) is 6.07 Å². The Hall–Kier alpha value is -3.92. The van der Waals surface area contributed by atoms with Crippen molar-refractivity contribution in [2.45, 2.75) is 71.5 Å². The van der Waals surface area contributed by atoms with E-state index < -0.39 is 5.82 Å². The van der Waals surface area contributed by atoms with Gasteiger partial charge in [0.25, 0.3) is 5.91 Å². The molecule has 9 nitrogen and oxygen atoms in total. The molecule has 1 saturated carbocycles. The van der Waals surface area contributed by atoms with E-state index in [9.17, 15) is 9.18 Å². The second-order valence-electron chi connectivity index (χ2n) is 11.2. The van der Waals surface area contributed by atoms with E-state index in [2.05, 4.69) is 49.0 Å². The number of nitrogens with zero attached hydrogens (tertiary/aromatic N) is 6. The number of carbonyl (C=O) groups is 1. The van der Waals surface area contributed by atoms with E-state index in [1.807, 2.05) is 36.9 Å². The molecule has 1 aromatic carbocycles. The van der Waals surface area contributed by atoms with E-state index in [0.717, 1.165) is 49.0 Å². The highest BCUT2D eigenvalue weighted by molar-refractivity contribution is 5.95. The fraction of sp³-hybridized carbons (Fsp3) is 0.433. The van der Waals surface area contributed by atoms with Crippen molar-refractivity contribution in [2.24, 2.45) is 0 Å². The summed E-state index contributed by atoms with van der Waals surface area (Å²) in [4.78, 5) is 32.9. The SMILES string of the molecule is Cc1nc(Nc2ncc(F)c(-c3ccc4nc(C)n(C(C)C)c4c3)n2)ccc1C(=O)N1CCC(NC2CC2)CC1. The fourth-order valence-corrected chi connectivity index (χ4v) is 5.62. The number of imidazole rings is 1. The zero-order valence-corrected chi connectivity index (χ0v) is 23.4. The predicted molar refractivity (Wildman–Crippen MR) is 153 cm³/mol. The first kappa shape index (κ1) is 26.3. The van der Waals surface area contributed by atoms with Gasteiger partial charge < -0.3 is 20.1 Å². The number of nitrogens with one attached hydrogen (secondary N) is 2. The van der Waals surface area contributed by atoms with Gasteiger partial charge in [-0.2, -0.15) is 0 Å². The Labute approximate surface area is 233 Å². The van der Waals surface area contributed by atoms with Crippen molar-refractivity contribution in [2.75, 3.05) is 18.4 Å². The molecule has 2 fully saturated rings. The second-order valence-corrected chi connectivity index (χ2v) is 11.2. The summed E-state index contributed by atoms with van der Waals surface area (Å²) in [6.45, 7) is 9.48. The second kappa shape index (κ2) is 10.6. The summed E-state index contributed by atoms with van der Waals surface area (Å²) in [6.07, 6.45) is 5.66. The number of fused-ring (bicyclic) bond motifs is 1. The lowest BCUT2D eigenvalue weighted by molar-refractivity contribution is 0.0703. The van der Waals surface area contributed by atoms with Gasteiger partial charge in [0.15, 0.2) is 5.82 Å². The van der Waals surface area contributed by atoms with Gasteiger partial charge in [-0.05, 0) is 77.6 Å². The molecule has 0 bridgehead atoms. The average molecular weight is 543 g/mol. The Bertz CT molecular complexity index is 1570. The van der Waals surface area contributed by atoms with Gasteiger partial charge in [0, 0.05) is 36.8 Å². The normalized spacial score (nSPS) is 16.2. The van der Waals surface area contributed by atoms with Gasteiger partial charge in [0.1, 0.15) is 17.3 Å². The molecule has 1 aliphatic heterocycles. The highest BCUT2D eigenvalue weighted by Crippen LogP contribution is 2.29. The standard InChI is InChI=1S/C30H35FN8O/c1-17(2)39-19(4)34-25-9-5-20(15-26(25)39)28-24(31)16-32-30(37-28)36-27-10-8-23(18(3)33-27)29(40)38-13-11-22(12-14-38)35-21-6-7-21/h5,8-10,15-17,21-22,35H,6-7,11-14H2,1-4H3,(H,32,33,36,37). The molecule has 10 heteroatoms. The third-order valence-corrected chi connectivity index (χ3v) is 7.79. The summed E-state index contributed by atoms with van der Waals surface area (Å²) < 4.78 is 17.0. The number of pyridine rings is 1. The Kier molecular flexibility index (Phi) is 6.95. The van der Waals surface area contributed by atoms with Crippen molar-refractivity contribution >= 4 is 28.7 Å². The molecule has 0 spiro atoms. The number of hydrogen-bond donors (Lipinski definition) is 2. The average Bonchev–Trinajstić information content (AvgIpc) is 3.68. The molecule has 6 rings (SSSR count). The maximum atomic E-state index is 14.9. The van der Waals surface area contributed by atoms with Crippen LogP contribution in [-0.4, -0.2) is 60.5 Å². The van der Waals surface area contributed by atoms with Gasteiger partial charge >= 0.3 is 0 Å². The van der Waals surface area contributed by atoms with Crippen LogP contribution in [0.15, 0.2) is 36.5 Å². The number of halogens is 1. The largest absolute Gasteiger partial charge is 0.338 e.